The van der Waals surface area contributed by atoms with Crippen LogP contribution in [0.3, 0.4) is 0 Å². The van der Waals surface area contributed by atoms with Crippen molar-refractivity contribution in [1.82, 2.24) is 9.97 Å². The van der Waals surface area contributed by atoms with Crippen molar-refractivity contribution >= 4 is 11.6 Å². The quantitative estimate of drug-likeness (QED) is 0.796. The monoisotopic (exact) mass is 304 g/mol. The lowest BCUT2D eigenvalue weighted by atomic mass is 10.3. The minimum Gasteiger partial charge on any atom is -0.370 e. The molecule has 0 saturated carbocycles. The summed E-state index contributed by atoms with van der Waals surface area (Å²) in [5, 5.41) is 3.11. The van der Waals surface area contributed by atoms with Gasteiger partial charge in [0.15, 0.2) is 0 Å². The molecule has 0 unspecified atom stereocenters. The fourth-order valence-corrected chi connectivity index (χ4v) is 1.91. The molecule has 1 rings (SSSR count). The smallest absolute Gasteiger partial charge is 0.370 e. The molecule has 1 heterocycles. The summed E-state index contributed by atoms with van der Waals surface area (Å²) in [5.41, 5.74) is 0. The average Bonchev–Trinajstić information content (AvgIpc) is 2.43. The molecule has 0 spiro atoms. The van der Waals surface area contributed by atoms with Crippen LogP contribution in [0.25, 0.3) is 0 Å². The number of rotatable bonds is 8. The lowest BCUT2D eigenvalue weighted by Gasteiger charge is -2.25. The van der Waals surface area contributed by atoms with Gasteiger partial charge in [0.05, 0.1) is 0 Å². The molecule has 0 aromatic carbocycles. The Labute approximate surface area is 123 Å². The van der Waals surface area contributed by atoms with Crippen LogP contribution >= 0.6 is 0 Å². The van der Waals surface area contributed by atoms with E-state index in [4.69, 9.17) is 0 Å². The van der Waals surface area contributed by atoms with Crippen molar-refractivity contribution in [2.24, 2.45) is 0 Å². The average molecular weight is 304 g/mol. The van der Waals surface area contributed by atoms with Crippen molar-refractivity contribution in [1.29, 1.82) is 0 Å². The molecule has 21 heavy (non-hydrogen) atoms. The van der Waals surface area contributed by atoms with Gasteiger partial charge in [0.25, 0.3) is 0 Å². The molecule has 0 atom stereocenters. The first-order chi connectivity index (χ1) is 9.89. The Bertz CT molecular complexity index is 435. The second kappa shape index (κ2) is 8.05. The number of anilines is 2. The Balaban J connectivity index is 3.04. The number of aromatic nitrogens is 2. The molecule has 7 heteroatoms. The number of nitrogens with zero attached hydrogens (tertiary/aromatic N) is 3. The fourth-order valence-electron chi connectivity index (χ4n) is 1.91. The molecule has 1 aromatic rings. The van der Waals surface area contributed by atoms with Gasteiger partial charge in [0, 0.05) is 25.6 Å². The molecular formula is C14H23F3N4. The third-order valence-corrected chi connectivity index (χ3v) is 2.82. The number of aryl methyl sites for hydroxylation is 1. The maximum atomic E-state index is 12.7. The van der Waals surface area contributed by atoms with Crippen LogP contribution in [0.1, 0.15) is 39.4 Å². The van der Waals surface area contributed by atoms with Crippen molar-refractivity contribution in [2.75, 3.05) is 29.9 Å². The molecule has 0 saturated heterocycles. The van der Waals surface area contributed by atoms with Crippen LogP contribution in [0.15, 0.2) is 6.07 Å². The Hall–Kier alpha value is -1.53. The molecule has 1 N–H and O–H groups in total. The third kappa shape index (κ3) is 6.18. The van der Waals surface area contributed by atoms with Crippen molar-refractivity contribution < 1.29 is 13.2 Å². The molecule has 0 fully saturated rings. The molecule has 0 radical (unpaired) electrons. The largest absolute Gasteiger partial charge is 0.405 e. The molecule has 0 amide bonds. The molecule has 0 aliphatic heterocycles. The Morgan fingerprint density at radius 1 is 1.14 bits per heavy atom. The topological polar surface area (TPSA) is 41.0 Å². The molecule has 0 bridgehead atoms. The van der Waals surface area contributed by atoms with E-state index < -0.39 is 12.7 Å². The Morgan fingerprint density at radius 3 is 2.38 bits per heavy atom. The minimum absolute atomic E-state index is 0.312. The number of hydrogen-bond acceptors (Lipinski definition) is 4. The first-order valence-electron chi connectivity index (χ1n) is 7.33. The van der Waals surface area contributed by atoms with Gasteiger partial charge in [0.2, 0.25) is 0 Å². The Morgan fingerprint density at radius 2 is 1.86 bits per heavy atom. The second-order valence-corrected chi connectivity index (χ2v) is 4.84. The summed E-state index contributed by atoms with van der Waals surface area (Å²) >= 11 is 0. The van der Waals surface area contributed by atoms with Gasteiger partial charge >= 0.3 is 6.18 Å². The lowest BCUT2D eigenvalue weighted by Crippen LogP contribution is -2.35. The van der Waals surface area contributed by atoms with Crippen LogP contribution in [0, 0.1) is 0 Å². The second-order valence-electron chi connectivity index (χ2n) is 4.84. The van der Waals surface area contributed by atoms with Gasteiger partial charge in [-0.1, -0.05) is 20.8 Å². The van der Waals surface area contributed by atoms with Crippen molar-refractivity contribution in [3.8, 4) is 0 Å². The number of nitrogens with one attached hydrogen (secondary N) is 1. The zero-order chi connectivity index (χ0) is 15.9. The summed E-state index contributed by atoms with van der Waals surface area (Å²) in [7, 11) is 0. The van der Waals surface area contributed by atoms with Gasteiger partial charge in [-0.3, -0.25) is 0 Å². The number of alkyl halides is 3. The van der Waals surface area contributed by atoms with E-state index in [1.165, 1.54) is 4.90 Å². The van der Waals surface area contributed by atoms with E-state index in [-0.39, 0.29) is 0 Å². The molecule has 0 aliphatic rings. The maximum Gasteiger partial charge on any atom is 0.405 e. The molecule has 0 aliphatic carbocycles. The van der Waals surface area contributed by atoms with Crippen LogP contribution < -0.4 is 10.2 Å². The van der Waals surface area contributed by atoms with Crippen LogP contribution in [0.5, 0.6) is 0 Å². The lowest BCUT2D eigenvalue weighted by molar-refractivity contribution is -0.119. The summed E-state index contributed by atoms with van der Waals surface area (Å²) in [6.45, 7) is 5.80. The van der Waals surface area contributed by atoms with Gasteiger partial charge in [0.1, 0.15) is 24.0 Å². The van der Waals surface area contributed by atoms with Crippen LogP contribution in [-0.2, 0) is 6.42 Å². The van der Waals surface area contributed by atoms with E-state index in [0.717, 1.165) is 13.0 Å². The van der Waals surface area contributed by atoms with Crippen molar-refractivity contribution in [2.45, 2.75) is 46.2 Å². The Kier molecular flexibility index (Phi) is 6.71. The molecule has 1 aromatic heterocycles. The van der Waals surface area contributed by atoms with Crippen LogP contribution in [-0.4, -0.2) is 35.8 Å². The maximum absolute atomic E-state index is 12.7. The van der Waals surface area contributed by atoms with Gasteiger partial charge in [-0.15, -0.1) is 0 Å². The van der Waals surface area contributed by atoms with E-state index in [1.807, 2.05) is 20.8 Å². The zero-order valence-electron chi connectivity index (χ0n) is 12.8. The van der Waals surface area contributed by atoms with E-state index >= 15 is 0 Å². The molecular weight excluding hydrogens is 281 g/mol. The predicted octanol–water partition coefficient (Wildman–Crippen LogP) is 3.64. The first kappa shape index (κ1) is 17.5. The number of halogens is 3. The van der Waals surface area contributed by atoms with E-state index in [9.17, 15) is 13.2 Å². The highest BCUT2D eigenvalue weighted by Crippen LogP contribution is 2.23. The molecule has 120 valence electrons. The van der Waals surface area contributed by atoms with Crippen LogP contribution in [0.2, 0.25) is 0 Å². The summed E-state index contributed by atoms with van der Waals surface area (Å²) in [6.07, 6.45) is -2.12. The van der Waals surface area contributed by atoms with Gasteiger partial charge < -0.3 is 10.2 Å². The summed E-state index contributed by atoms with van der Waals surface area (Å²) < 4.78 is 38.1. The summed E-state index contributed by atoms with van der Waals surface area (Å²) in [4.78, 5) is 9.80. The summed E-state index contributed by atoms with van der Waals surface area (Å²) in [5.74, 6) is 1.47. The third-order valence-electron chi connectivity index (χ3n) is 2.82. The standard InChI is InChI=1S/C14H23F3N4/c1-4-7-18-12-9-13(20-11(6-3)19-12)21(8-5-2)10-14(15,16)17/h9H,4-8,10H2,1-3H3,(H,18,19,20). The zero-order valence-corrected chi connectivity index (χ0v) is 12.8. The SMILES string of the molecule is CCCNc1cc(N(CCC)CC(F)(F)F)nc(CC)n1. The van der Waals surface area contributed by atoms with Gasteiger partial charge in [-0.25, -0.2) is 9.97 Å². The highest BCUT2D eigenvalue weighted by molar-refractivity contribution is 5.49. The van der Waals surface area contributed by atoms with E-state index in [0.29, 0.717) is 36.8 Å². The number of hydrogen-bond donors (Lipinski definition) is 1. The predicted molar refractivity (Wildman–Crippen MR) is 78.7 cm³/mol. The highest BCUT2D eigenvalue weighted by atomic mass is 19.4. The molecule has 4 nitrogen and oxygen atoms in total. The van der Waals surface area contributed by atoms with Crippen molar-refractivity contribution in [3.63, 3.8) is 0 Å². The van der Waals surface area contributed by atoms with Crippen LogP contribution in [0.4, 0.5) is 24.8 Å². The minimum atomic E-state index is -4.25. The van der Waals surface area contributed by atoms with Gasteiger partial charge in [-0.2, -0.15) is 13.2 Å². The van der Waals surface area contributed by atoms with E-state index in [1.54, 1.807) is 6.07 Å². The van der Waals surface area contributed by atoms with Gasteiger partial charge in [-0.05, 0) is 12.8 Å². The highest BCUT2D eigenvalue weighted by Gasteiger charge is 2.31. The van der Waals surface area contributed by atoms with E-state index in [2.05, 4.69) is 15.3 Å². The summed E-state index contributed by atoms with van der Waals surface area (Å²) in [6, 6.07) is 1.59. The first-order valence-corrected chi connectivity index (χ1v) is 7.33. The normalized spacial score (nSPS) is 11.5. The van der Waals surface area contributed by atoms with Crippen molar-refractivity contribution in [3.05, 3.63) is 11.9 Å². The fraction of sp³-hybridized carbons (Fsp3) is 0.714.